The second kappa shape index (κ2) is 2.33. The maximum atomic E-state index is 3.23. The van der Waals surface area contributed by atoms with Crippen LogP contribution in [-0.2, 0) is 0 Å². The smallest absolute Gasteiger partial charge is 0.00252 e. The molecule has 0 amide bonds. The Labute approximate surface area is 39.7 Å². The van der Waals surface area contributed by atoms with Crippen LogP contribution in [0.2, 0.25) is 0 Å². The first-order valence-electron chi connectivity index (χ1n) is 2.13. The average Bonchev–Trinajstić information content (AvgIpc) is 1.72. The molecule has 0 aromatic rings. The third kappa shape index (κ3) is 1.08. The summed E-state index contributed by atoms with van der Waals surface area (Å²) in [5.41, 5.74) is 0. The number of hydrogen-bond acceptors (Lipinski definition) is 1. The number of hydrogen-bond donors (Lipinski definition) is 1. The highest BCUT2D eigenvalue weighted by atomic mass is 31.1. The van der Waals surface area contributed by atoms with Gasteiger partial charge in [0.05, 0.1) is 0 Å². The Balaban J connectivity index is 2.26. The molecule has 1 aliphatic rings. The summed E-state index contributed by atoms with van der Waals surface area (Å²) in [7, 11) is 0.871. The molecule has 2 heteroatoms. The standard InChI is InChI=1S/C4H8NP/c1-2-4-6-5-3-1/h2,4-6H,1,3H2. The first-order chi connectivity index (χ1) is 3.00. The lowest BCUT2D eigenvalue weighted by atomic mass is 10.4. The van der Waals surface area contributed by atoms with Gasteiger partial charge >= 0.3 is 0 Å². The summed E-state index contributed by atoms with van der Waals surface area (Å²) in [5, 5.41) is 3.23. The molecule has 0 aromatic heterocycles. The largest absolute Gasteiger partial charge is 0.295 e. The molecule has 0 aliphatic carbocycles. The van der Waals surface area contributed by atoms with Crippen LogP contribution in [0.4, 0.5) is 0 Å². The van der Waals surface area contributed by atoms with E-state index in [1.165, 1.54) is 13.0 Å². The van der Waals surface area contributed by atoms with Gasteiger partial charge in [0.15, 0.2) is 0 Å². The molecule has 0 saturated heterocycles. The fraction of sp³-hybridized carbons (Fsp3) is 0.500. The highest BCUT2D eigenvalue weighted by Gasteiger charge is 1.84. The third-order valence-electron chi connectivity index (χ3n) is 0.739. The fourth-order valence-electron chi connectivity index (χ4n) is 0.429. The van der Waals surface area contributed by atoms with Gasteiger partial charge in [-0.25, -0.2) is 0 Å². The summed E-state index contributed by atoms with van der Waals surface area (Å²) >= 11 is 0. The predicted molar refractivity (Wildman–Crippen MR) is 30.1 cm³/mol. The molecule has 1 aliphatic heterocycles. The van der Waals surface area contributed by atoms with Crippen molar-refractivity contribution in [3.05, 3.63) is 11.9 Å². The molecule has 0 radical (unpaired) electrons. The summed E-state index contributed by atoms with van der Waals surface area (Å²) in [5.74, 6) is 2.18. The van der Waals surface area contributed by atoms with Crippen LogP contribution in [0, 0.1) is 0 Å². The van der Waals surface area contributed by atoms with E-state index in [2.05, 4.69) is 17.0 Å². The van der Waals surface area contributed by atoms with Crippen LogP contribution in [0.25, 0.3) is 0 Å². The molecule has 0 aromatic carbocycles. The molecule has 34 valence electrons. The topological polar surface area (TPSA) is 12.0 Å². The summed E-state index contributed by atoms with van der Waals surface area (Å²) in [6, 6.07) is 0. The molecule has 0 saturated carbocycles. The Morgan fingerprint density at radius 3 is 2.83 bits per heavy atom. The number of rotatable bonds is 0. The van der Waals surface area contributed by atoms with Gasteiger partial charge in [-0.05, 0) is 15.2 Å². The Hall–Kier alpha value is 0.130. The molecule has 6 heavy (non-hydrogen) atoms. The second-order valence-electron chi connectivity index (χ2n) is 1.26. The van der Waals surface area contributed by atoms with Crippen molar-refractivity contribution in [1.29, 1.82) is 0 Å². The Morgan fingerprint density at radius 2 is 2.67 bits per heavy atom. The van der Waals surface area contributed by atoms with Crippen molar-refractivity contribution in [2.75, 3.05) is 6.54 Å². The van der Waals surface area contributed by atoms with Crippen LogP contribution in [0.1, 0.15) is 6.42 Å². The maximum absolute atomic E-state index is 3.23. The van der Waals surface area contributed by atoms with E-state index in [1.54, 1.807) is 0 Å². The summed E-state index contributed by atoms with van der Waals surface area (Å²) in [6.45, 7) is 1.18. The van der Waals surface area contributed by atoms with Crippen molar-refractivity contribution < 1.29 is 0 Å². The molecule has 1 atom stereocenters. The van der Waals surface area contributed by atoms with Crippen LogP contribution in [0.5, 0.6) is 0 Å². The van der Waals surface area contributed by atoms with Gasteiger partial charge < -0.3 is 0 Å². The van der Waals surface area contributed by atoms with Crippen molar-refractivity contribution in [1.82, 2.24) is 5.09 Å². The van der Waals surface area contributed by atoms with Crippen molar-refractivity contribution in [2.24, 2.45) is 0 Å². The molecule has 1 N–H and O–H groups in total. The normalized spacial score (nSPS) is 25.3. The second-order valence-corrected chi connectivity index (χ2v) is 2.24. The van der Waals surface area contributed by atoms with E-state index in [1.807, 2.05) is 0 Å². The van der Waals surface area contributed by atoms with Gasteiger partial charge in [-0.2, -0.15) is 0 Å². The minimum absolute atomic E-state index is 0.871. The molecule has 1 heterocycles. The lowest BCUT2D eigenvalue weighted by Gasteiger charge is -2.01. The zero-order valence-electron chi connectivity index (χ0n) is 3.57. The number of nitrogens with one attached hydrogen (secondary N) is 1. The fourth-order valence-corrected chi connectivity index (χ4v) is 1.12. The lowest BCUT2D eigenvalue weighted by molar-refractivity contribution is 0.924. The van der Waals surface area contributed by atoms with E-state index in [0.29, 0.717) is 0 Å². The zero-order chi connectivity index (χ0) is 4.24. The highest BCUT2D eigenvalue weighted by Crippen LogP contribution is 2.09. The van der Waals surface area contributed by atoms with Gasteiger partial charge in [0.2, 0.25) is 0 Å². The van der Waals surface area contributed by atoms with Crippen LogP contribution in [0.3, 0.4) is 0 Å². The SMILES string of the molecule is C1=CPNCC1. The first-order valence-corrected chi connectivity index (χ1v) is 3.21. The molecule has 1 unspecified atom stereocenters. The maximum Gasteiger partial charge on any atom is 0.00252 e. The lowest BCUT2D eigenvalue weighted by Crippen LogP contribution is -2.03. The molecule has 0 bridgehead atoms. The monoisotopic (exact) mass is 101 g/mol. The first kappa shape index (κ1) is 4.29. The quantitative estimate of drug-likeness (QED) is 0.450. The van der Waals surface area contributed by atoms with Crippen LogP contribution >= 0.6 is 8.73 Å². The Morgan fingerprint density at radius 1 is 1.67 bits per heavy atom. The average molecular weight is 101 g/mol. The third-order valence-corrected chi connectivity index (χ3v) is 1.60. The van der Waals surface area contributed by atoms with Gasteiger partial charge in [-0.1, -0.05) is 11.9 Å². The van der Waals surface area contributed by atoms with Crippen LogP contribution in [0.15, 0.2) is 11.9 Å². The van der Waals surface area contributed by atoms with Gasteiger partial charge in [0, 0.05) is 6.54 Å². The molecule has 0 spiro atoms. The van der Waals surface area contributed by atoms with Gasteiger partial charge in [-0.3, -0.25) is 5.09 Å². The Kier molecular flexibility index (Phi) is 1.67. The van der Waals surface area contributed by atoms with Crippen LogP contribution < -0.4 is 5.09 Å². The van der Waals surface area contributed by atoms with Crippen molar-refractivity contribution >= 4 is 8.73 Å². The van der Waals surface area contributed by atoms with E-state index < -0.39 is 0 Å². The minimum Gasteiger partial charge on any atom is -0.295 e. The zero-order valence-corrected chi connectivity index (χ0v) is 4.57. The van der Waals surface area contributed by atoms with E-state index in [-0.39, 0.29) is 0 Å². The van der Waals surface area contributed by atoms with Crippen molar-refractivity contribution in [3.8, 4) is 0 Å². The molecular formula is C4H8NP. The minimum atomic E-state index is 0.871. The van der Waals surface area contributed by atoms with Gasteiger partial charge in [0.1, 0.15) is 0 Å². The van der Waals surface area contributed by atoms with Crippen LogP contribution in [-0.4, -0.2) is 6.54 Å². The molecule has 0 fully saturated rings. The van der Waals surface area contributed by atoms with E-state index in [4.69, 9.17) is 0 Å². The van der Waals surface area contributed by atoms with E-state index in [9.17, 15) is 0 Å². The summed E-state index contributed by atoms with van der Waals surface area (Å²) in [6.07, 6.45) is 3.43. The van der Waals surface area contributed by atoms with E-state index in [0.717, 1.165) is 8.73 Å². The van der Waals surface area contributed by atoms with Crippen molar-refractivity contribution in [2.45, 2.75) is 6.42 Å². The molecule has 1 nitrogen and oxygen atoms in total. The van der Waals surface area contributed by atoms with Gasteiger partial charge in [-0.15, -0.1) is 0 Å². The van der Waals surface area contributed by atoms with E-state index >= 15 is 0 Å². The van der Waals surface area contributed by atoms with Gasteiger partial charge in [0.25, 0.3) is 0 Å². The Bertz CT molecular complexity index is 52.6. The molecule has 1 rings (SSSR count). The summed E-state index contributed by atoms with van der Waals surface area (Å²) in [4.78, 5) is 0. The predicted octanol–water partition coefficient (Wildman–Crippen LogP) is 1.09. The molecular weight excluding hydrogens is 93.0 g/mol. The highest BCUT2D eigenvalue weighted by molar-refractivity contribution is 7.39. The van der Waals surface area contributed by atoms with Crippen molar-refractivity contribution in [3.63, 3.8) is 0 Å². The summed E-state index contributed by atoms with van der Waals surface area (Å²) < 4.78 is 0.